The number of hydrogen-bond donors (Lipinski definition) is 4. The molecule has 0 aliphatic heterocycles. The van der Waals surface area contributed by atoms with Crippen LogP contribution in [0.5, 0.6) is 0 Å². The lowest BCUT2D eigenvalue weighted by Gasteiger charge is -2.30. The standard InChI is InChI=1S/C19H28ClN3O4/c1-19(2,3)16(17(21)25)22-18(26)13(11-15(24)23-27)6-4-5-12-7-9-14(20)10-8-12/h7-10,13,16,27H,4-6,11H2,1-3H3,(H2,21,25)(H,22,26)(H,23,24)/t13-,16-/m0/s1. The van der Waals surface area contributed by atoms with Crippen LogP contribution in [0.2, 0.25) is 5.02 Å². The van der Waals surface area contributed by atoms with E-state index in [-0.39, 0.29) is 6.42 Å². The van der Waals surface area contributed by atoms with E-state index in [2.05, 4.69) is 5.32 Å². The number of amides is 3. The van der Waals surface area contributed by atoms with Gasteiger partial charge in [0, 0.05) is 17.4 Å². The largest absolute Gasteiger partial charge is 0.368 e. The summed E-state index contributed by atoms with van der Waals surface area (Å²) in [7, 11) is 0. The van der Waals surface area contributed by atoms with E-state index in [1.54, 1.807) is 38.4 Å². The summed E-state index contributed by atoms with van der Waals surface area (Å²) in [6, 6.07) is 6.53. The Hall–Kier alpha value is -2.12. The van der Waals surface area contributed by atoms with Crippen LogP contribution >= 0.6 is 11.6 Å². The molecule has 0 bridgehead atoms. The van der Waals surface area contributed by atoms with Crippen LogP contribution in [0.25, 0.3) is 0 Å². The van der Waals surface area contributed by atoms with Crippen molar-refractivity contribution in [2.75, 3.05) is 0 Å². The molecule has 0 saturated heterocycles. The molecule has 3 amide bonds. The molecule has 0 aliphatic rings. The number of nitrogens with one attached hydrogen (secondary N) is 2. The number of benzene rings is 1. The molecule has 0 radical (unpaired) electrons. The van der Waals surface area contributed by atoms with Crippen LogP contribution in [0.15, 0.2) is 24.3 Å². The fraction of sp³-hybridized carbons (Fsp3) is 0.526. The van der Waals surface area contributed by atoms with E-state index in [0.29, 0.717) is 24.3 Å². The first-order chi connectivity index (χ1) is 12.5. The Balaban J connectivity index is 2.76. The first kappa shape index (κ1) is 22.9. The second-order valence-corrected chi connectivity index (χ2v) is 8.10. The number of carbonyl (C=O) groups excluding carboxylic acids is 3. The van der Waals surface area contributed by atoms with Gasteiger partial charge in [0.15, 0.2) is 0 Å². The molecular weight excluding hydrogens is 370 g/mol. The molecule has 0 aromatic heterocycles. The van der Waals surface area contributed by atoms with Crippen molar-refractivity contribution in [3.05, 3.63) is 34.9 Å². The predicted octanol–water partition coefficient (Wildman–Crippen LogP) is 2.19. The summed E-state index contributed by atoms with van der Waals surface area (Å²) in [5, 5.41) is 12.1. The number of hydroxylamine groups is 1. The molecule has 1 rings (SSSR count). The van der Waals surface area contributed by atoms with Crippen LogP contribution in [-0.4, -0.2) is 29.0 Å². The van der Waals surface area contributed by atoms with E-state index in [4.69, 9.17) is 22.5 Å². The van der Waals surface area contributed by atoms with E-state index in [0.717, 1.165) is 5.56 Å². The third-order valence-electron chi connectivity index (χ3n) is 4.30. The Morgan fingerprint density at radius 3 is 2.26 bits per heavy atom. The van der Waals surface area contributed by atoms with Crippen molar-refractivity contribution in [1.29, 1.82) is 0 Å². The van der Waals surface area contributed by atoms with Crippen molar-refractivity contribution in [3.8, 4) is 0 Å². The van der Waals surface area contributed by atoms with Crippen LogP contribution in [0.1, 0.15) is 45.6 Å². The van der Waals surface area contributed by atoms with Gasteiger partial charge in [0.25, 0.3) is 0 Å². The van der Waals surface area contributed by atoms with Gasteiger partial charge in [-0.25, -0.2) is 5.48 Å². The molecule has 0 unspecified atom stereocenters. The third-order valence-corrected chi connectivity index (χ3v) is 4.55. The van der Waals surface area contributed by atoms with Gasteiger partial charge in [-0.2, -0.15) is 0 Å². The van der Waals surface area contributed by atoms with Gasteiger partial charge in [0.05, 0.1) is 0 Å². The van der Waals surface area contributed by atoms with Crippen LogP contribution in [0.3, 0.4) is 0 Å². The summed E-state index contributed by atoms with van der Waals surface area (Å²) in [5.74, 6) is -2.42. The zero-order chi connectivity index (χ0) is 20.6. The molecule has 27 heavy (non-hydrogen) atoms. The lowest BCUT2D eigenvalue weighted by atomic mass is 9.85. The van der Waals surface area contributed by atoms with E-state index in [9.17, 15) is 14.4 Å². The van der Waals surface area contributed by atoms with E-state index in [1.165, 1.54) is 0 Å². The summed E-state index contributed by atoms with van der Waals surface area (Å²) in [6.45, 7) is 5.37. The fourth-order valence-electron chi connectivity index (χ4n) is 2.77. The zero-order valence-electron chi connectivity index (χ0n) is 15.9. The van der Waals surface area contributed by atoms with Crippen LogP contribution in [-0.2, 0) is 20.8 Å². The minimum absolute atomic E-state index is 0.182. The fourth-order valence-corrected chi connectivity index (χ4v) is 2.90. The van der Waals surface area contributed by atoms with Crippen molar-refractivity contribution in [2.24, 2.45) is 17.1 Å². The summed E-state index contributed by atoms with van der Waals surface area (Å²) in [5.41, 5.74) is 7.45. The van der Waals surface area contributed by atoms with Gasteiger partial charge >= 0.3 is 0 Å². The maximum absolute atomic E-state index is 12.6. The molecular formula is C19H28ClN3O4. The van der Waals surface area contributed by atoms with Gasteiger partial charge in [-0.05, 0) is 42.4 Å². The normalized spacial score (nSPS) is 13.5. The molecule has 150 valence electrons. The smallest absolute Gasteiger partial charge is 0.244 e. The maximum atomic E-state index is 12.6. The molecule has 7 nitrogen and oxygen atoms in total. The number of rotatable bonds is 9. The van der Waals surface area contributed by atoms with Gasteiger partial charge < -0.3 is 11.1 Å². The SMILES string of the molecule is CC(C)(C)[C@@H](NC(=O)[C@@H](CCCc1ccc(Cl)cc1)CC(=O)NO)C(N)=O. The van der Waals surface area contributed by atoms with Crippen molar-refractivity contribution < 1.29 is 19.6 Å². The van der Waals surface area contributed by atoms with Crippen molar-refractivity contribution in [1.82, 2.24) is 10.8 Å². The van der Waals surface area contributed by atoms with Gasteiger partial charge in [-0.1, -0.05) is 44.5 Å². The molecule has 0 aliphatic carbocycles. The minimum Gasteiger partial charge on any atom is -0.368 e. The monoisotopic (exact) mass is 397 g/mol. The highest BCUT2D eigenvalue weighted by Crippen LogP contribution is 2.21. The molecule has 0 spiro atoms. The Morgan fingerprint density at radius 2 is 1.78 bits per heavy atom. The molecule has 2 atom stereocenters. The second-order valence-electron chi connectivity index (χ2n) is 7.66. The van der Waals surface area contributed by atoms with Gasteiger partial charge in [0.2, 0.25) is 17.7 Å². The summed E-state index contributed by atoms with van der Waals surface area (Å²) in [6.07, 6.45) is 1.59. The molecule has 0 heterocycles. The topological polar surface area (TPSA) is 122 Å². The molecule has 1 aromatic rings. The number of aryl methyl sites for hydroxylation is 1. The summed E-state index contributed by atoms with van der Waals surface area (Å²) < 4.78 is 0. The van der Waals surface area contributed by atoms with Crippen LogP contribution in [0, 0.1) is 11.3 Å². The number of nitrogens with two attached hydrogens (primary N) is 1. The van der Waals surface area contributed by atoms with Crippen molar-refractivity contribution in [3.63, 3.8) is 0 Å². The van der Waals surface area contributed by atoms with Crippen molar-refractivity contribution >= 4 is 29.3 Å². The van der Waals surface area contributed by atoms with E-state index >= 15 is 0 Å². The molecule has 0 fully saturated rings. The number of carbonyl (C=O) groups is 3. The summed E-state index contributed by atoms with van der Waals surface area (Å²) in [4.78, 5) is 35.9. The zero-order valence-corrected chi connectivity index (χ0v) is 16.7. The Morgan fingerprint density at radius 1 is 1.19 bits per heavy atom. The molecule has 0 saturated carbocycles. The maximum Gasteiger partial charge on any atom is 0.244 e. The highest BCUT2D eigenvalue weighted by molar-refractivity contribution is 6.30. The number of primary amides is 1. The highest BCUT2D eigenvalue weighted by Gasteiger charge is 2.33. The molecule has 1 aromatic carbocycles. The summed E-state index contributed by atoms with van der Waals surface area (Å²) >= 11 is 5.86. The second kappa shape index (κ2) is 10.3. The number of hydrogen-bond acceptors (Lipinski definition) is 4. The van der Waals surface area contributed by atoms with E-state index < -0.39 is 35.1 Å². The third kappa shape index (κ3) is 7.97. The van der Waals surface area contributed by atoms with Crippen LogP contribution < -0.4 is 16.5 Å². The Bertz CT molecular complexity index is 656. The highest BCUT2D eigenvalue weighted by atomic mass is 35.5. The quantitative estimate of drug-likeness (QED) is 0.377. The minimum atomic E-state index is -0.860. The molecule has 8 heteroatoms. The van der Waals surface area contributed by atoms with E-state index in [1.807, 2.05) is 12.1 Å². The van der Waals surface area contributed by atoms with Crippen molar-refractivity contribution in [2.45, 2.75) is 52.5 Å². The van der Waals surface area contributed by atoms with Gasteiger partial charge in [-0.15, -0.1) is 0 Å². The first-order valence-corrected chi connectivity index (χ1v) is 9.19. The lowest BCUT2D eigenvalue weighted by Crippen LogP contribution is -2.53. The lowest BCUT2D eigenvalue weighted by molar-refractivity contribution is -0.136. The van der Waals surface area contributed by atoms with Gasteiger partial charge in [-0.3, -0.25) is 19.6 Å². The average Bonchev–Trinajstić information content (AvgIpc) is 2.58. The number of halogens is 1. The van der Waals surface area contributed by atoms with Crippen LogP contribution in [0.4, 0.5) is 0 Å². The Labute approximate surface area is 164 Å². The Kier molecular flexibility index (Phi) is 8.72. The predicted molar refractivity (Wildman–Crippen MR) is 103 cm³/mol. The first-order valence-electron chi connectivity index (χ1n) is 8.81. The molecule has 5 N–H and O–H groups in total. The van der Waals surface area contributed by atoms with Gasteiger partial charge in [0.1, 0.15) is 6.04 Å². The average molecular weight is 398 g/mol.